The second-order valence-corrected chi connectivity index (χ2v) is 6.97. The van der Waals surface area contributed by atoms with Crippen LogP contribution in [0.15, 0.2) is 54.4 Å². The first-order valence-electron chi connectivity index (χ1n) is 9.42. The number of dihydropyridines is 1. The second kappa shape index (κ2) is 9.07. The number of likely N-dealkylation sites (N-methyl/N-ethyl adjacent to an activating group) is 1. The molecule has 8 nitrogen and oxygen atoms in total. The predicted molar refractivity (Wildman–Crippen MR) is 119 cm³/mol. The maximum Gasteiger partial charge on any atom is 0.246 e. The third-order valence-corrected chi connectivity index (χ3v) is 4.64. The van der Waals surface area contributed by atoms with Crippen LogP contribution in [0.1, 0.15) is 11.4 Å². The van der Waals surface area contributed by atoms with Crippen molar-refractivity contribution in [1.82, 2.24) is 15.3 Å². The quantitative estimate of drug-likeness (QED) is 0.713. The van der Waals surface area contributed by atoms with E-state index in [-0.39, 0.29) is 12.5 Å². The molecule has 154 valence electrons. The molecule has 1 aromatic carbocycles. The Balaban J connectivity index is 1.88. The van der Waals surface area contributed by atoms with E-state index in [9.17, 15) is 9.59 Å². The van der Waals surface area contributed by atoms with Crippen molar-refractivity contribution in [3.8, 4) is 0 Å². The van der Waals surface area contributed by atoms with Crippen molar-refractivity contribution >= 4 is 34.7 Å². The third-order valence-electron chi connectivity index (χ3n) is 4.64. The molecule has 0 radical (unpaired) electrons. The predicted octanol–water partition coefficient (Wildman–Crippen LogP) is 2.14. The number of amides is 1. The lowest BCUT2D eigenvalue weighted by molar-refractivity contribution is -0.116. The number of hydrogen-bond acceptors (Lipinski definition) is 7. The zero-order valence-corrected chi connectivity index (χ0v) is 17.4. The van der Waals surface area contributed by atoms with Gasteiger partial charge in [0.25, 0.3) is 0 Å². The molecule has 1 aliphatic rings. The molecule has 1 aliphatic heterocycles. The molecule has 30 heavy (non-hydrogen) atoms. The van der Waals surface area contributed by atoms with Crippen LogP contribution in [0.4, 0.5) is 17.3 Å². The van der Waals surface area contributed by atoms with Crippen LogP contribution >= 0.6 is 0 Å². The summed E-state index contributed by atoms with van der Waals surface area (Å²) in [5, 5.41) is 5.95. The zero-order chi connectivity index (χ0) is 21.7. The molecule has 0 unspecified atom stereocenters. The van der Waals surface area contributed by atoms with Crippen LogP contribution in [-0.4, -0.2) is 49.5 Å². The van der Waals surface area contributed by atoms with Crippen LogP contribution in [-0.2, 0) is 9.59 Å². The van der Waals surface area contributed by atoms with E-state index in [1.807, 2.05) is 62.2 Å². The Labute approximate surface area is 175 Å². The van der Waals surface area contributed by atoms with Crippen molar-refractivity contribution in [1.29, 1.82) is 0 Å². The number of hydrogen-bond donors (Lipinski definition) is 2. The van der Waals surface area contributed by atoms with Gasteiger partial charge in [0.05, 0.1) is 6.54 Å². The summed E-state index contributed by atoms with van der Waals surface area (Å²) in [6, 6.07) is 9.44. The summed E-state index contributed by atoms with van der Waals surface area (Å²) in [4.78, 5) is 36.3. The monoisotopic (exact) mass is 404 g/mol. The van der Waals surface area contributed by atoms with Crippen molar-refractivity contribution in [2.45, 2.75) is 6.92 Å². The van der Waals surface area contributed by atoms with Crippen LogP contribution in [0.3, 0.4) is 0 Å². The maximum absolute atomic E-state index is 12.6. The van der Waals surface area contributed by atoms with Gasteiger partial charge >= 0.3 is 0 Å². The standard InChI is InChI=1S/C22H24N6O2/c1-15-20(24-13-19(30)28(4)18-8-6-5-7-9-18)25-21(26-22(15)27(2)3)16-10-11-23-17(12-16)14-29/h5-12,23H,13H2,1-4H3,(H,24,25,26). The number of carbonyl (C=O) groups is 1. The molecule has 1 aromatic heterocycles. The normalized spacial score (nSPS) is 12.5. The van der Waals surface area contributed by atoms with Crippen LogP contribution in [0.2, 0.25) is 0 Å². The Bertz CT molecular complexity index is 1050. The molecule has 8 heteroatoms. The van der Waals surface area contributed by atoms with Gasteiger partial charge in [-0.3, -0.25) is 4.79 Å². The van der Waals surface area contributed by atoms with E-state index in [0.717, 1.165) is 17.1 Å². The smallest absolute Gasteiger partial charge is 0.246 e. The molecule has 0 saturated carbocycles. The van der Waals surface area contributed by atoms with Crippen LogP contribution in [0.25, 0.3) is 5.57 Å². The molecule has 2 N–H and O–H groups in total. The Morgan fingerprint density at radius 1 is 1.17 bits per heavy atom. The molecule has 0 atom stereocenters. The lowest BCUT2D eigenvalue weighted by atomic mass is 10.1. The molecule has 2 heterocycles. The zero-order valence-electron chi connectivity index (χ0n) is 17.4. The Kier molecular flexibility index (Phi) is 6.29. The summed E-state index contributed by atoms with van der Waals surface area (Å²) in [5.41, 5.74) is 2.61. The van der Waals surface area contributed by atoms with Crippen molar-refractivity contribution in [2.75, 3.05) is 42.8 Å². The fraction of sp³-hybridized carbons (Fsp3) is 0.227. The summed E-state index contributed by atoms with van der Waals surface area (Å²) in [7, 11) is 5.52. The molecule has 0 bridgehead atoms. The van der Waals surface area contributed by atoms with E-state index in [0.29, 0.717) is 22.9 Å². The minimum atomic E-state index is -0.0979. The average molecular weight is 404 g/mol. The van der Waals surface area contributed by atoms with Gasteiger partial charge in [-0.25, -0.2) is 14.8 Å². The molecule has 0 fully saturated rings. The topological polar surface area (TPSA) is 90.5 Å². The summed E-state index contributed by atoms with van der Waals surface area (Å²) >= 11 is 0. The van der Waals surface area contributed by atoms with Crippen molar-refractivity contribution < 1.29 is 9.59 Å². The highest BCUT2D eigenvalue weighted by atomic mass is 16.2. The molecule has 3 rings (SSSR count). The number of nitrogens with zero attached hydrogens (tertiary/aromatic N) is 4. The summed E-state index contributed by atoms with van der Waals surface area (Å²) in [6.07, 6.45) is 5.05. The van der Waals surface area contributed by atoms with Crippen LogP contribution in [0, 0.1) is 6.92 Å². The molecule has 2 aromatic rings. The fourth-order valence-corrected chi connectivity index (χ4v) is 2.98. The molecule has 1 amide bonds. The molecule has 0 spiro atoms. The third kappa shape index (κ3) is 4.56. The van der Waals surface area contributed by atoms with Gasteiger partial charge in [0.1, 0.15) is 17.3 Å². The van der Waals surface area contributed by atoms with Crippen molar-refractivity contribution in [3.05, 3.63) is 65.8 Å². The first kappa shape index (κ1) is 20.8. The minimum Gasteiger partial charge on any atom is -0.362 e. The lowest BCUT2D eigenvalue weighted by Crippen LogP contribution is -2.32. The lowest BCUT2D eigenvalue weighted by Gasteiger charge is -2.21. The fourth-order valence-electron chi connectivity index (χ4n) is 2.98. The summed E-state index contributed by atoms with van der Waals surface area (Å²) in [5.74, 6) is 3.46. The van der Waals surface area contributed by atoms with Gasteiger partial charge in [-0.1, -0.05) is 18.2 Å². The first-order valence-corrected chi connectivity index (χ1v) is 9.42. The van der Waals surface area contributed by atoms with Gasteiger partial charge in [0.15, 0.2) is 11.8 Å². The number of benzene rings is 1. The number of rotatable bonds is 6. The van der Waals surface area contributed by atoms with Crippen molar-refractivity contribution in [3.63, 3.8) is 0 Å². The van der Waals surface area contributed by atoms with Crippen molar-refractivity contribution in [2.24, 2.45) is 0 Å². The summed E-state index contributed by atoms with van der Waals surface area (Å²) in [6.45, 7) is 1.97. The SMILES string of the molecule is Cc1c(NCC(=O)N(C)c2ccccc2)nc(C2=CC(=C=O)NC=C2)nc1N(C)C. The number of aromatic nitrogens is 2. The molecule has 0 aliphatic carbocycles. The Hall–Kier alpha value is -3.90. The molecular formula is C22H24N6O2. The van der Waals surface area contributed by atoms with E-state index >= 15 is 0 Å². The van der Waals surface area contributed by atoms with E-state index < -0.39 is 0 Å². The number of para-hydroxylation sites is 1. The van der Waals surface area contributed by atoms with E-state index in [1.165, 1.54) is 0 Å². The van der Waals surface area contributed by atoms with E-state index in [2.05, 4.69) is 20.6 Å². The Morgan fingerprint density at radius 3 is 2.57 bits per heavy atom. The van der Waals surface area contributed by atoms with Gasteiger partial charge in [0.2, 0.25) is 5.91 Å². The second-order valence-electron chi connectivity index (χ2n) is 6.97. The first-order chi connectivity index (χ1) is 14.4. The van der Waals surface area contributed by atoms with Gasteiger partial charge < -0.3 is 20.4 Å². The number of allylic oxidation sites excluding steroid dienone is 3. The Morgan fingerprint density at radius 2 is 1.90 bits per heavy atom. The van der Waals surface area contributed by atoms with E-state index in [4.69, 9.17) is 0 Å². The summed E-state index contributed by atoms with van der Waals surface area (Å²) < 4.78 is 0. The number of carbonyl (C=O) groups excluding carboxylic acids is 2. The van der Waals surface area contributed by atoms with Gasteiger partial charge in [-0.15, -0.1) is 0 Å². The average Bonchev–Trinajstić information content (AvgIpc) is 2.78. The molecule has 0 saturated heterocycles. The maximum atomic E-state index is 12.6. The number of anilines is 3. The van der Waals surface area contributed by atoms with Gasteiger partial charge in [0, 0.05) is 44.2 Å². The van der Waals surface area contributed by atoms with Gasteiger partial charge in [-0.05, 0) is 31.2 Å². The minimum absolute atomic E-state index is 0.0749. The van der Waals surface area contributed by atoms with Gasteiger partial charge in [-0.2, -0.15) is 0 Å². The largest absolute Gasteiger partial charge is 0.362 e. The van der Waals surface area contributed by atoms with Crippen LogP contribution < -0.4 is 20.4 Å². The number of nitrogens with one attached hydrogen (secondary N) is 2. The molecular weight excluding hydrogens is 380 g/mol. The highest BCUT2D eigenvalue weighted by Gasteiger charge is 2.17. The van der Waals surface area contributed by atoms with Crippen LogP contribution in [0.5, 0.6) is 0 Å². The highest BCUT2D eigenvalue weighted by molar-refractivity contribution is 5.95. The highest BCUT2D eigenvalue weighted by Crippen LogP contribution is 2.26. The van der Waals surface area contributed by atoms with E-state index in [1.54, 1.807) is 30.3 Å².